The Morgan fingerprint density at radius 2 is 2.21 bits per heavy atom. The van der Waals surface area contributed by atoms with Gasteiger partial charge < -0.3 is 10.0 Å². The molecule has 1 unspecified atom stereocenters. The van der Waals surface area contributed by atoms with Gasteiger partial charge in [0.25, 0.3) is 10.1 Å². The summed E-state index contributed by atoms with van der Waals surface area (Å²) in [6, 6.07) is -0.345. The van der Waals surface area contributed by atoms with E-state index in [9.17, 15) is 13.2 Å². The number of hydrogen-bond acceptors (Lipinski definition) is 4. The summed E-state index contributed by atoms with van der Waals surface area (Å²) in [6.45, 7) is 2.00. The van der Waals surface area contributed by atoms with Crippen LogP contribution in [-0.4, -0.2) is 49.5 Å². The second-order valence-corrected chi connectivity index (χ2v) is 4.94. The molecule has 1 aliphatic heterocycles. The zero-order valence-corrected chi connectivity index (χ0v) is 8.82. The molecule has 14 heavy (non-hydrogen) atoms. The number of likely N-dealkylation sites (tertiary alicyclic amines) is 1. The maximum absolute atomic E-state index is 10.8. The molecule has 0 saturated carbocycles. The van der Waals surface area contributed by atoms with Crippen molar-refractivity contribution in [2.75, 3.05) is 12.8 Å². The summed E-state index contributed by atoms with van der Waals surface area (Å²) in [4.78, 5) is 11.8. The predicted octanol–water partition coefficient (Wildman–Crippen LogP) is 0.103. The summed E-state index contributed by atoms with van der Waals surface area (Å²) in [7, 11) is -3.51. The first-order valence-corrected chi connectivity index (χ1v) is 6.01. The topological polar surface area (TPSA) is 83.9 Å². The molecular formula is C7H13NO5S. The van der Waals surface area contributed by atoms with Crippen molar-refractivity contribution in [1.29, 1.82) is 0 Å². The number of hydrogen-bond donors (Lipinski definition) is 1. The Bertz CT molecular complexity index is 325. The van der Waals surface area contributed by atoms with Gasteiger partial charge in [-0.2, -0.15) is 8.42 Å². The van der Waals surface area contributed by atoms with Crippen LogP contribution in [0.3, 0.4) is 0 Å². The van der Waals surface area contributed by atoms with Crippen molar-refractivity contribution in [2.45, 2.75) is 25.5 Å². The lowest BCUT2D eigenvalue weighted by Gasteiger charge is -2.41. The highest BCUT2D eigenvalue weighted by Gasteiger charge is 2.37. The Balaban J connectivity index is 2.54. The highest BCUT2D eigenvalue weighted by atomic mass is 32.2. The Kier molecular flexibility index (Phi) is 3.01. The van der Waals surface area contributed by atoms with E-state index in [0.29, 0.717) is 13.0 Å². The van der Waals surface area contributed by atoms with E-state index < -0.39 is 22.3 Å². The van der Waals surface area contributed by atoms with Crippen molar-refractivity contribution >= 4 is 16.2 Å². The van der Waals surface area contributed by atoms with Crippen LogP contribution < -0.4 is 0 Å². The smallest absolute Gasteiger partial charge is 0.407 e. The van der Waals surface area contributed by atoms with Gasteiger partial charge in [0.15, 0.2) is 0 Å². The number of amides is 1. The fourth-order valence-corrected chi connectivity index (χ4v) is 2.15. The van der Waals surface area contributed by atoms with Crippen molar-refractivity contribution in [1.82, 2.24) is 4.90 Å². The van der Waals surface area contributed by atoms with Gasteiger partial charge in [-0.1, -0.05) is 0 Å². The van der Waals surface area contributed by atoms with E-state index in [1.54, 1.807) is 6.92 Å². The maximum atomic E-state index is 10.8. The number of nitrogens with zero attached hydrogens (tertiary/aromatic N) is 1. The van der Waals surface area contributed by atoms with Gasteiger partial charge in [0.2, 0.25) is 0 Å². The molecule has 1 amide bonds. The molecule has 7 heteroatoms. The van der Waals surface area contributed by atoms with Crippen molar-refractivity contribution < 1.29 is 22.5 Å². The van der Waals surface area contributed by atoms with Crippen LogP contribution in [0.1, 0.15) is 13.3 Å². The molecule has 0 radical (unpaired) electrons. The molecule has 1 aliphatic rings. The third kappa shape index (κ3) is 2.58. The second-order valence-electron chi connectivity index (χ2n) is 3.34. The monoisotopic (exact) mass is 223 g/mol. The molecule has 0 bridgehead atoms. The molecule has 82 valence electrons. The Labute approximate surface area is 82.6 Å². The molecule has 1 N–H and O–H groups in total. The SMILES string of the molecule is CC(OS(C)(=O)=O)[C@@H]1CCN1C(=O)O. The minimum Gasteiger partial charge on any atom is -0.465 e. The lowest BCUT2D eigenvalue weighted by atomic mass is 9.99. The largest absolute Gasteiger partial charge is 0.465 e. The number of carbonyl (C=O) groups is 1. The van der Waals surface area contributed by atoms with E-state index in [1.165, 1.54) is 4.90 Å². The van der Waals surface area contributed by atoms with Crippen LogP contribution in [0.4, 0.5) is 4.79 Å². The van der Waals surface area contributed by atoms with Crippen LogP contribution in [0.5, 0.6) is 0 Å². The quantitative estimate of drug-likeness (QED) is 0.686. The van der Waals surface area contributed by atoms with Gasteiger partial charge in [-0.05, 0) is 13.3 Å². The van der Waals surface area contributed by atoms with Gasteiger partial charge in [0, 0.05) is 6.54 Å². The Morgan fingerprint density at radius 1 is 1.64 bits per heavy atom. The summed E-state index contributed by atoms with van der Waals surface area (Å²) in [5.74, 6) is 0. The Morgan fingerprint density at radius 3 is 2.50 bits per heavy atom. The van der Waals surface area contributed by atoms with E-state index in [1.807, 2.05) is 0 Å². The van der Waals surface area contributed by atoms with E-state index in [2.05, 4.69) is 4.18 Å². The zero-order valence-electron chi connectivity index (χ0n) is 8.00. The highest BCUT2D eigenvalue weighted by molar-refractivity contribution is 7.86. The van der Waals surface area contributed by atoms with Crippen molar-refractivity contribution in [3.05, 3.63) is 0 Å². The first-order valence-electron chi connectivity index (χ1n) is 4.19. The number of carboxylic acid groups (broad SMARTS) is 1. The molecule has 1 heterocycles. The molecule has 1 saturated heterocycles. The Hall–Kier alpha value is -0.820. The summed E-state index contributed by atoms with van der Waals surface area (Å²) >= 11 is 0. The fourth-order valence-electron chi connectivity index (χ4n) is 1.47. The maximum Gasteiger partial charge on any atom is 0.407 e. The predicted molar refractivity (Wildman–Crippen MR) is 48.5 cm³/mol. The van der Waals surface area contributed by atoms with E-state index in [0.717, 1.165) is 6.26 Å². The molecular weight excluding hydrogens is 210 g/mol. The molecule has 1 rings (SSSR count). The van der Waals surface area contributed by atoms with Gasteiger partial charge >= 0.3 is 6.09 Å². The van der Waals surface area contributed by atoms with Crippen LogP contribution in [0, 0.1) is 0 Å². The molecule has 0 aromatic heterocycles. The highest BCUT2D eigenvalue weighted by Crippen LogP contribution is 2.23. The minimum absolute atomic E-state index is 0.345. The van der Waals surface area contributed by atoms with E-state index >= 15 is 0 Å². The molecule has 0 aliphatic carbocycles. The van der Waals surface area contributed by atoms with Crippen LogP contribution in [0.25, 0.3) is 0 Å². The van der Waals surface area contributed by atoms with Gasteiger partial charge in [-0.15, -0.1) is 0 Å². The lowest BCUT2D eigenvalue weighted by Crippen LogP contribution is -2.56. The molecule has 6 nitrogen and oxygen atoms in total. The third-order valence-corrected chi connectivity index (χ3v) is 2.83. The van der Waals surface area contributed by atoms with Crippen LogP contribution >= 0.6 is 0 Å². The molecule has 0 aromatic rings. The molecule has 0 aromatic carbocycles. The normalized spacial score (nSPS) is 24.1. The van der Waals surface area contributed by atoms with E-state index in [-0.39, 0.29) is 6.04 Å². The average molecular weight is 223 g/mol. The first kappa shape index (κ1) is 11.3. The van der Waals surface area contributed by atoms with Gasteiger partial charge in [-0.25, -0.2) is 4.79 Å². The summed E-state index contributed by atoms with van der Waals surface area (Å²) < 4.78 is 26.2. The van der Waals surface area contributed by atoms with Crippen molar-refractivity contribution in [3.8, 4) is 0 Å². The third-order valence-electron chi connectivity index (χ3n) is 2.18. The lowest BCUT2D eigenvalue weighted by molar-refractivity contribution is 0.0176. The van der Waals surface area contributed by atoms with Crippen LogP contribution in [-0.2, 0) is 14.3 Å². The average Bonchev–Trinajstić information content (AvgIpc) is 1.75. The molecule has 2 atom stereocenters. The summed E-state index contributed by atoms with van der Waals surface area (Å²) in [6.07, 6.45) is -0.0592. The van der Waals surface area contributed by atoms with Gasteiger partial charge in [0.05, 0.1) is 18.4 Å². The zero-order chi connectivity index (χ0) is 10.9. The van der Waals surface area contributed by atoms with Crippen LogP contribution in [0.2, 0.25) is 0 Å². The standard InChI is InChI=1S/C7H13NO5S/c1-5(13-14(2,11)12)6-3-4-8(6)7(9)10/h5-6H,3-4H2,1-2H3,(H,9,10)/t5?,6-/m0/s1. The fraction of sp³-hybridized carbons (Fsp3) is 0.857. The number of rotatable bonds is 3. The van der Waals surface area contributed by atoms with Crippen molar-refractivity contribution in [2.24, 2.45) is 0 Å². The van der Waals surface area contributed by atoms with Gasteiger partial charge in [0.1, 0.15) is 0 Å². The first-order chi connectivity index (χ1) is 6.31. The minimum atomic E-state index is -3.51. The van der Waals surface area contributed by atoms with E-state index in [4.69, 9.17) is 5.11 Å². The molecule has 0 spiro atoms. The van der Waals surface area contributed by atoms with Crippen molar-refractivity contribution in [3.63, 3.8) is 0 Å². The van der Waals surface area contributed by atoms with Gasteiger partial charge in [-0.3, -0.25) is 4.18 Å². The van der Waals surface area contributed by atoms with Crippen LogP contribution in [0.15, 0.2) is 0 Å². The second kappa shape index (κ2) is 3.74. The summed E-state index contributed by atoms with van der Waals surface area (Å²) in [5, 5.41) is 8.67. The molecule has 1 fully saturated rings. The summed E-state index contributed by atoms with van der Waals surface area (Å²) in [5.41, 5.74) is 0.